The van der Waals surface area contributed by atoms with Crippen molar-refractivity contribution in [1.82, 2.24) is 15.0 Å². The number of ether oxygens (including phenoxy) is 1. The van der Waals surface area contributed by atoms with Gasteiger partial charge in [-0.15, -0.1) is 5.10 Å². The van der Waals surface area contributed by atoms with E-state index in [9.17, 15) is 0 Å². The number of nitrogens with zero attached hydrogens (tertiary/aromatic N) is 3. The Balaban J connectivity index is 1.82. The van der Waals surface area contributed by atoms with Crippen LogP contribution < -0.4 is 0 Å². The smallest absolute Gasteiger partial charge is 0.0886 e. The molecule has 1 atom stereocenters. The van der Waals surface area contributed by atoms with E-state index in [0.29, 0.717) is 11.5 Å². The van der Waals surface area contributed by atoms with Crippen molar-refractivity contribution >= 4 is 0 Å². The molecule has 1 saturated carbocycles. The molecule has 2 heterocycles. The largest absolute Gasteiger partial charge is 0.379 e. The van der Waals surface area contributed by atoms with E-state index in [1.807, 2.05) is 4.68 Å². The molecule has 0 aromatic carbocycles. The van der Waals surface area contributed by atoms with Gasteiger partial charge in [0.05, 0.1) is 18.3 Å². The van der Waals surface area contributed by atoms with Gasteiger partial charge in [0, 0.05) is 18.2 Å². The van der Waals surface area contributed by atoms with Gasteiger partial charge in [-0.05, 0) is 19.3 Å². The minimum atomic E-state index is 0.331. The summed E-state index contributed by atoms with van der Waals surface area (Å²) in [5.74, 6) is 0. The van der Waals surface area contributed by atoms with E-state index in [0.717, 1.165) is 25.3 Å². The van der Waals surface area contributed by atoms with Crippen LogP contribution in [0.15, 0.2) is 6.20 Å². The molecule has 0 radical (unpaired) electrons. The predicted octanol–water partition coefficient (Wildman–Crippen LogP) is 1.29. The molecule has 1 aliphatic carbocycles. The van der Waals surface area contributed by atoms with E-state index in [1.165, 1.54) is 12.8 Å². The Morgan fingerprint density at radius 1 is 1.57 bits per heavy atom. The van der Waals surface area contributed by atoms with Gasteiger partial charge >= 0.3 is 0 Å². The molecule has 76 valence electrons. The average molecular weight is 193 g/mol. The molecule has 0 N–H and O–H groups in total. The normalized spacial score (nSPS) is 29.4. The lowest BCUT2D eigenvalue weighted by Gasteiger charge is -2.05. The fourth-order valence-electron chi connectivity index (χ4n) is 1.91. The lowest BCUT2D eigenvalue weighted by Crippen LogP contribution is -2.09. The predicted molar refractivity (Wildman–Crippen MR) is 51.1 cm³/mol. The summed E-state index contributed by atoms with van der Waals surface area (Å²) in [6.45, 7) is 3.91. The standard InChI is InChI=1S/C10H15N3O/c1-10(3-4-10)9-6-13(12-11-9)8-2-5-14-7-8/h6,8H,2-5,7H2,1H3. The first-order valence-corrected chi connectivity index (χ1v) is 5.28. The molecule has 1 unspecified atom stereocenters. The lowest BCUT2D eigenvalue weighted by molar-refractivity contribution is 0.184. The van der Waals surface area contributed by atoms with Gasteiger partial charge in [-0.25, -0.2) is 4.68 Å². The number of hydrogen-bond acceptors (Lipinski definition) is 3. The van der Waals surface area contributed by atoms with E-state index in [-0.39, 0.29) is 0 Å². The van der Waals surface area contributed by atoms with Crippen LogP contribution in [0.3, 0.4) is 0 Å². The zero-order chi connectivity index (χ0) is 9.60. The highest BCUT2D eigenvalue weighted by Crippen LogP contribution is 2.46. The van der Waals surface area contributed by atoms with Gasteiger partial charge in [-0.3, -0.25) is 0 Å². The van der Waals surface area contributed by atoms with Gasteiger partial charge in [-0.2, -0.15) is 0 Å². The van der Waals surface area contributed by atoms with E-state index in [2.05, 4.69) is 23.4 Å². The second-order valence-electron chi connectivity index (χ2n) is 4.66. The number of aromatic nitrogens is 3. The Hall–Kier alpha value is -0.900. The molecule has 2 fully saturated rings. The molecule has 4 heteroatoms. The van der Waals surface area contributed by atoms with E-state index in [4.69, 9.17) is 4.74 Å². The second-order valence-corrected chi connectivity index (χ2v) is 4.66. The maximum absolute atomic E-state index is 5.33. The average Bonchev–Trinajstić information content (AvgIpc) is 2.73. The van der Waals surface area contributed by atoms with Crippen molar-refractivity contribution in [2.75, 3.05) is 13.2 Å². The highest BCUT2D eigenvalue weighted by atomic mass is 16.5. The summed E-state index contributed by atoms with van der Waals surface area (Å²) < 4.78 is 7.31. The topological polar surface area (TPSA) is 39.9 Å². The van der Waals surface area contributed by atoms with Crippen LogP contribution in [0.2, 0.25) is 0 Å². The molecule has 1 aromatic heterocycles. The fourth-order valence-corrected chi connectivity index (χ4v) is 1.91. The molecule has 0 spiro atoms. The van der Waals surface area contributed by atoms with Crippen LogP contribution in [0.25, 0.3) is 0 Å². The van der Waals surface area contributed by atoms with Gasteiger partial charge in [0.15, 0.2) is 0 Å². The maximum Gasteiger partial charge on any atom is 0.0886 e. The van der Waals surface area contributed by atoms with Crippen molar-refractivity contribution in [2.24, 2.45) is 0 Å². The van der Waals surface area contributed by atoms with Crippen LogP contribution in [-0.2, 0) is 10.2 Å². The Kier molecular flexibility index (Phi) is 1.68. The molecule has 1 aliphatic heterocycles. The van der Waals surface area contributed by atoms with Crippen LogP contribution in [0.1, 0.15) is 37.9 Å². The van der Waals surface area contributed by atoms with Gasteiger partial charge < -0.3 is 4.74 Å². The third kappa shape index (κ3) is 1.25. The Bertz CT molecular complexity index is 337. The summed E-state index contributed by atoms with van der Waals surface area (Å²) in [5.41, 5.74) is 1.49. The van der Waals surface area contributed by atoms with Crippen LogP contribution in [0, 0.1) is 0 Å². The van der Waals surface area contributed by atoms with Crippen molar-refractivity contribution in [1.29, 1.82) is 0 Å². The molecular weight excluding hydrogens is 178 g/mol. The number of rotatable bonds is 2. The fraction of sp³-hybridized carbons (Fsp3) is 0.800. The third-order valence-electron chi connectivity index (χ3n) is 3.41. The van der Waals surface area contributed by atoms with E-state index in [1.54, 1.807) is 0 Å². The summed E-state index contributed by atoms with van der Waals surface area (Å²) in [6, 6.07) is 0.415. The molecule has 1 saturated heterocycles. The quantitative estimate of drug-likeness (QED) is 0.710. The van der Waals surface area contributed by atoms with Gasteiger partial charge in [0.1, 0.15) is 0 Å². The summed E-state index contributed by atoms with van der Waals surface area (Å²) in [6.07, 6.45) is 5.69. The van der Waals surface area contributed by atoms with Gasteiger partial charge in [0.25, 0.3) is 0 Å². The van der Waals surface area contributed by atoms with Crippen molar-refractivity contribution < 1.29 is 4.74 Å². The highest BCUT2D eigenvalue weighted by molar-refractivity contribution is 5.19. The summed E-state index contributed by atoms with van der Waals surface area (Å²) in [7, 11) is 0. The Labute approximate surface area is 83.2 Å². The van der Waals surface area contributed by atoms with E-state index >= 15 is 0 Å². The van der Waals surface area contributed by atoms with Crippen molar-refractivity contribution in [3.63, 3.8) is 0 Å². The summed E-state index contributed by atoms with van der Waals surface area (Å²) in [5, 5.41) is 8.44. The minimum Gasteiger partial charge on any atom is -0.379 e. The van der Waals surface area contributed by atoms with Crippen LogP contribution in [-0.4, -0.2) is 28.2 Å². The molecule has 0 bridgehead atoms. The summed E-state index contributed by atoms with van der Waals surface area (Å²) >= 11 is 0. The van der Waals surface area contributed by atoms with Gasteiger partial charge in [-0.1, -0.05) is 12.1 Å². The first kappa shape index (κ1) is 8.41. The monoisotopic (exact) mass is 193 g/mol. The molecule has 2 aliphatic rings. The molecule has 4 nitrogen and oxygen atoms in total. The zero-order valence-electron chi connectivity index (χ0n) is 8.44. The zero-order valence-corrected chi connectivity index (χ0v) is 8.44. The molecule has 14 heavy (non-hydrogen) atoms. The van der Waals surface area contributed by atoms with Crippen LogP contribution in [0.5, 0.6) is 0 Å². The SMILES string of the molecule is CC1(c2cn(C3CCOC3)nn2)CC1. The highest BCUT2D eigenvalue weighted by Gasteiger charge is 2.42. The molecule has 0 amide bonds. The van der Waals surface area contributed by atoms with Crippen molar-refractivity contribution in [3.05, 3.63) is 11.9 Å². The minimum absolute atomic E-state index is 0.331. The van der Waals surface area contributed by atoms with E-state index < -0.39 is 0 Å². The van der Waals surface area contributed by atoms with Crippen molar-refractivity contribution in [3.8, 4) is 0 Å². The second kappa shape index (κ2) is 2.79. The first-order valence-electron chi connectivity index (χ1n) is 5.28. The van der Waals surface area contributed by atoms with Gasteiger partial charge in [0.2, 0.25) is 0 Å². The molecule has 3 rings (SSSR count). The first-order chi connectivity index (χ1) is 6.78. The van der Waals surface area contributed by atoms with Crippen molar-refractivity contribution in [2.45, 2.75) is 37.6 Å². The maximum atomic E-state index is 5.33. The Morgan fingerprint density at radius 2 is 2.43 bits per heavy atom. The van der Waals surface area contributed by atoms with Crippen LogP contribution in [0.4, 0.5) is 0 Å². The molecular formula is C10H15N3O. The lowest BCUT2D eigenvalue weighted by atomic mass is 10.1. The third-order valence-corrected chi connectivity index (χ3v) is 3.41. The number of hydrogen-bond donors (Lipinski definition) is 0. The summed E-state index contributed by atoms with van der Waals surface area (Å²) in [4.78, 5) is 0. The molecule has 1 aromatic rings. The van der Waals surface area contributed by atoms with Crippen LogP contribution >= 0.6 is 0 Å². The Morgan fingerprint density at radius 3 is 3.07 bits per heavy atom.